The summed E-state index contributed by atoms with van der Waals surface area (Å²) in [5.41, 5.74) is 4.08. The lowest BCUT2D eigenvalue weighted by Crippen LogP contribution is -1.96. The number of carbonyl (C=O) groups is 1. The molecule has 0 aliphatic rings. The maximum Gasteiger partial charge on any atom is 0.300 e. The summed E-state index contributed by atoms with van der Waals surface area (Å²) in [5, 5.41) is 3.67. The summed E-state index contributed by atoms with van der Waals surface area (Å²) in [7, 11) is 0. The van der Waals surface area contributed by atoms with Gasteiger partial charge in [0, 0.05) is 6.42 Å². The van der Waals surface area contributed by atoms with Crippen molar-refractivity contribution in [3.8, 4) is 0 Å². The molecule has 1 aromatic heterocycles. The van der Waals surface area contributed by atoms with Crippen LogP contribution < -0.4 is 5.32 Å². The lowest BCUT2D eigenvalue weighted by Gasteiger charge is -2.02. The van der Waals surface area contributed by atoms with Crippen LogP contribution in [0.5, 0.6) is 0 Å². The van der Waals surface area contributed by atoms with Crippen molar-refractivity contribution in [1.29, 1.82) is 0 Å². The third-order valence-electron chi connectivity index (χ3n) is 3.31. The molecule has 3 aromatic rings. The molecule has 0 fully saturated rings. The van der Waals surface area contributed by atoms with Gasteiger partial charge in [0.25, 0.3) is 6.01 Å². The largest absolute Gasteiger partial charge is 0.423 e. The number of para-hydroxylation sites is 1. The van der Waals surface area contributed by atoms with Gasteiger partial charge in [0.2, 0.25) is 0 Å². The molecule has 0 amide bonds. The van der Waals surface area contributed by atoms with E-state index in [0.29, 0.717) is 23.0 Å². The van der Waals surface area contributed by atoms with Gasteiger partial charge in [-0.1, -0.05) is 29.8 Å². The Bertz CT molecular complexity index is 855. The number of halogens is 1. The third-order valence-corrected chi connectivity index (χ3v) is 3.64. The minimum Gasteiger partial charge on any atom is -0.423 e. The number of Topliss-reactive ketones (excluding diaryl/α,β-unsaturated/α-hetero) is 1. The number of rotatable bonds is 4. The molecule has 0 bridgehead atoms. The zero-order chi connectivity index (χ0) is 15.7. The fourth-order valence-electron chi connectivity index (χ4n) is 2.39. The van der Waals surface area contributed by atoms with Crippen LogP contribution in [0.15, 0.2) is 40.8 Å². The number of aromatic nitrogens is 1. The predicted molar refractivity (Wildman–Crippen MR) is 87.9 cm³/mol. The van der Waals surface area contributed by atoms with Crippen LogP contribution in [0, 0.1) is 6.92 Å². The van der Waals surface area contributed by atoms with E-state index in [1.54, 1.807) is 13.0 Å². The fraction of sp³-hybridized carbons (Fsp3) is 0.176. The molecule has 2 aromatic carbocycles. The topological polar surface area (TPSA) is 55.1 Å². The standard InChI is InChI=1S/C17H15ClN2O2/c1-10-7-12(8-11(2)21)9-15-16(10)20-17(22-15)19-14-6-4-3-5-13(14)18/h3-7,9H,8H2,1-2H3,(H,19,20). The van der Waals surface area contributed by atoms with Crippen molar-refractivity contribution < 1.29 is 9.21 Å². The first kappa shape index (κ1) is 14.6. The summed E-state index contributed by atoms with van der Waals surface area (Å²) in [4.78, 5) is 15.7. The normalized spacial score (nSPS) is 10.9. The monoisotopic (exact) mass is 314 g/mol. The number of oxazole rings is 1. The first-order valence-electron chi connectivity index (χ1n) is 6.94. The van der Waals surface area contributed by atoms with E-state index in [0.717, 1.165) is 22.3 Å². The van der Waals surface area contributed by atoms with E-state index in [1.807, 2.05) is 37.3 Å². The Kier molecular flexibility index (Phi) is 3.86. The Labute approximate surface area is 133 Å². The lowest BCUT2D eigenvalue weighted by atomic mass is 10.1. The fourth-order valence-corrected chi connectivity index (χ4v) is 2.57. The number of fused-ring (bicyclic) bond motifs is 1. The van der Waals surface area contributed by atoms with Crippen molar-refractivity contribution in [2.75, 3.05) is 5.32 Å². The van der Waals surface area contributed by atoms with Gasteiger partial charge in [0.15, 0.2) is 5.58 Å². The smallest absolute Gasteiger partial charge is 0.300 e. The number of carbonyl (C=O) groups excluding carboxylic acids is 1. The maximum absolute atomic E-state index is 11.3. The number of nitrogens with zero attached hydrogens (tertiary/aromatic N) is 1. The van der Waals surface area contributed by atoms with E-state index < -0.39 is 0 Å². The Morgan fingerprint density at radius 3 is 2.82 bits per heavy atom. The van der Waals surface area contributed by atoms with E-state index in [-0.39, 0.29) is 5.78 Å². The van der Waals surface area contributed by atoms with E-state index in [1.165, 1.54) is 0 Å². The molecule has 0 aliphatic heterocycles. The van der Waals surface area contributed by atoms with Gasteiger partial charge >= 0.3 is 0 Å². The highest BCUT2D eigenvalue weighted by atomic mass is 35.5. The molecule has 4 nitrogen and oxygen atoms in total. The Morgan fingerprint density at radius 1 is 1.32 bits per heavy atom. The number of anilines is 2. The van der Waals surface area contributed by atoms with E-state index in [4.69, 9.17) is 16.0 Å². The molecule has 5 heteroatoms. The molecule has 112 valence electrons. The summed E-state index contributed by atoms with van der Waals surface area (Å²) in [5.74, 6) is 0.118. The number of benzene rings is 2. The van der Waals surface area contributed by atoms with E-state index in [2.05, 4.69) is 10.3 Å². The van der Waals surface area contributed by atoms with Crippen molar-refractivity contribution >= 4 is 40.2 Å². The van der Waals surface area contributed by atoms with Crippen molar-refractivity contribution in [1.82, 2.24) is 4.98 Å². The van der Waals surface area contributed by atoms with Gasteiger partial charge in [-0.15, -0.1) is 0 Å². The number of ketones is 1. The van der Waals surface area contributed by atoms with Crippen molar-refractivity contribution in [2.24, 2.45) is 0 Å². The van der Waals surface area contributed by atoms with Crippen LogP contribution in [0.3, 0.4) is 0 Å². The number of hydrogen-bond acceptors (Lipinski definition) is 4. The molecule has 0 saturated heterocycles. The van der Waals surface area contributed by atoms with Gasteiger partial charge in [-0.25, -0.2) is 0 Å². The first-order chi connectivity index (χ1) is 10.5. The Balaban J connectivity index is 1.97. The highest BCUT2D eigenvalue weighted by Gasteiger charge is 2.11. The summed E-state index contributed by atoms with van der Waals surface area (Å²) >= 11 is 6.12. The third kappa shape index (κ3) is 2.97. The first-order valence-corrected chi connectivity index (χ1v) is 7.32. The Morgan fingerprint density at radius 2 is 2.09 bits per heavy atom. The zero-order valence-corrected chi connectivity index (χ0v) is 13.1. The van der Waals surface area contributed by atoms with Crippen molar-refractivity contribution in [3.63, 3.8) is 0 Å². The van der Waals surface area contributed by atoms with Gasteiger partial charge in [0.05, 0.1) is 10.7 Å². The van der Waals surface area contributed by atoms with Gasteiger partial charge < -0.3 is 9.73 Å². The molecule has 3 rings (SSSR count). The lowest BCUT2D eigenvalue weighted by molar-refractivity contribution is -0.116. The molecule has 1 heterocycles. The summed E-state index contributed by atoms with van der Waals surface area (Å²) < 4.78 is 5.74. The summed E-state index contributed by atoms with van der Waals surface area (Å²) in [6, 6.07) is 11.6. The highest BCUT2D eigenvalue weighted by molar-refractivity contribution is 6.33. The van der Waals surface area contributed by atoms with Gasteiger partial charge in [0.1, 0.15) is 11.3 Å². The maximum atomic E-state index is 11.3. The minimum atomic E-state index is 0.118. The average molecular weight is 315 g/mol. The highest BCUT2D eigenvalue weighted by Crippen LogP contribution is 2.28. The quantitative estimate of drug-likeness (QED) is 0.760. The second-order valence-electron chi connectivity index (χ2n) is 5.26. The van der Waals surface area contributed by atoms with Crippen LogP contribution in [0.4, 0.5) is 11.7 Å². The van der Waals surface area contributed by atoms with Crippen LogP contribution in [0.1, 0.15) is 18.1 Å². The van der Waals surface area contributed by atoms with Gasteiger partial charge in [-0.3, -0.25) is 4.79 Å². The number of aryl methyl sites for hydroxylation is 1. The molecule has 0 spiro atoms. The predicted octanol–water partition coefficient (Wildman–Crippen LogP) is 4.66. The number of hydrogen-bond donors (Lipinski definition) is 1. The summed E-state index contributed by atoms with van der Waals surface area (Å²) in [6.07, 6.45) is 0.394. The van der Waals surface area contributed by atoms with Crippen molar-refractivity contribution in [3.05, 3.63) is 52.5 Å². The van der Waals surface area contributed by atoms with Crippen LogP contribution in [-0.2, 0) is 11.2 Å². The average Bonchev–Trinajstić information content (AvgIpc) is 2.84. The van der Waals surface area contributed by atoms with E-state index in [9.17, 15) is 4.79 Å². The van der Waals surface area contributed by atoms with E-state index >= 15 is 0 Å². The Hall–Kier alpha value is -2.33. The van der Waals surface area contributed by atoms with Crippen LogP contribution in [0.25, 0.3) is 11.1 Å². The SMILES string of the molecule is CC(=O)Cc1cc(C)c2nc(Nc3ccccc3Cl)oc2c1. The second kappa shape index (κ2) is 5.81. The minimum absolute atomic E-state index is 0.118. The van der Waals surface area contributed by atoms with Gasteiger partial charge in [-0.05, 0) is 43.2 Å². The van der Waals surface area contributed by atoms with Crippen LogP contribution >= 0.6 is 11.6 Å². The molecule has 0 atom stereocenters. The second-order valence-corrected chi connectivity index (χ2v) is 5.67. The number of nitrogens with one attached hydrogen (secondary N) is 1. The van der Waals surface area contributed by atoms with Crippen molar-refractivity contribution in [2.45, 2.75) is 20.3 Å². The molecule has 1 N–H and O–H groups in total. The molecule has 0 radical (unpaired) electrons. The molecular formula is C17H15ClN2O2. The molecule has 0 aliphatic carbocycles. The van der Waals surface area contributed by atoms with Crippen LogP contribution in [-0.4, -0.2) is 10.8 Å². The molecule has 22 heavy (non-hydrogen) atoms. The molecular weight excluding hydrogens is 300 g/mol. The molecule has 0 saturated carbocycles. The summed E-state index contributed by atoms with van der Waals surface area (Å²) in [6.45, 7) is 3.53. The van der Waals surface area contributed by atoms with Crippen LogP contribution in [0.2, 0.25) is 5.02 Å². The zero-order valence-electron chi connectivity index (χ0n) is 12.3. The molecule has 0 unspecified atom stereocenters. The van der Waals surface area contributed by atoms with Gasteiger partial charge in [-0.2, -0.15) is 4.98 Å².